The maximum atomic E-state index is 13.6. The third-order valence-corrected chi connectivity index (χ3v) is 2.78. The Hall–Kier alpha value is -2.03. The van der Waals surface area contributed by atoms with Crippen LogP contribution in [-0.4, -0.2) is 7.11 Å². The third-order valence-electron chi connectivity index (χ3n) is 2.78. The summed E-state index contributed by atoms with van der Waals surface area (Å²) in [6, 6.07) is 12.7. The van der Waals surface area contributed by atoms with E-state index in [4.69, 9.17) is 4.74 Å². The smallest absolute Gasteiger partial charge is 0.141 e. The van der Waals surface area contributed by atoms with Crippen LogP contribution < -0.4 is 10.1 Å². The Bertz CT molecular complexity index is 540. The van der Waals surface area contributed by atoms with E-state index in [9.17, 15) is 4.39 Å². The van der Waals surface area contributed by atoms with Crippen molar-refractivity contribution in [3.05, 3.63) is 59.4 Å². The van der Waals surface area contributed by atoms with Crippen molar-refractivity contribution in [3.63, 3.8) is 0 Å². The fraction of sp³-hybridized carbons (Fsp3) is 0.200. The molecular weight excluding hydrogens is 229 g/mol. The molecule has 0 atom stereocenters. The standard InChI is InChI=1S/C15H16FNO/c1-11-7-8-13(16)12(9-11)10-17-14-5-3-4-6-15(14)18-2/h3-9,17H,10H2,1-2H3. The van der Waals surface area contributed by atoms with E-state index in [1.54, 1.807) is 13.2 Å². The lowest BCUT2D eigenvalue weighted by Gasteiger charge is -2.11. The summed E-state index contributed by atoms with van der Waals surface area (Å²) in [7, 11) is 1.62. The normalized spacial score (nSPS) is 10.2. The van der Waals surface area contributed by atoms with Gasteiger partial charge in [0.2, 0.25) is 0 Å². The molecule has 1 N–H and O–H groups in total. The number of halogens is 1. The van der Waals surface area contributed by atoms with E-state index in [2.05, 4.69) is 5.32 Å². The lowest BCUT2D eigenvalue weighted by atomic mass is 10.1. The number of ether oxygens (including phenoxy) is 1. The summed E-state index contributed by atoms with van der Waals surface area (Å²) in [5.74, 6) is 0.563. The SMILES string of the molecule is COc1ccccc1NCc1cc(C)ccc1F. The summed E-state index contributed by atoms with van der Waals surface area (Å²) < 4.78 is 18.8. The Morgan fingerprint density at radius 1 is 1.17 bits per heavy atom. The van der Waals surface area contributed by atoms with E-state index in [0.29, 0.717) is 12.1 Å². The number of benzene rings is 2. The molecule has 0 spiro atoms. The minimum atomic E-state index is -0.192. The molecule has 0 amide bonds. The molecule has 0 unspecified atom stereocenters. The molecule has 2 nitrogen and oxygen atoms in total. The van der Waals surface area contributed by atoms with Crippen molar-refractivity contribution in [1.82, 2.24) is 0 Å². The van der Waals surface area contributed by atoms with Crippen LogP contribution in [0, 0.1) is 12.7 Å². The Morgan fingerprint density at radius 3 is 2.72 bits per heavy atom. The Balaban J connectivity index is 2.14. The Labute approximate surface area is 106 Å². The minimum Gasteiger partial charge on any atom is -0.495 e. The number of anilines is 1. The zero-order valence-corrected chi connectivity index (χ0v) is 10.5. The first-order chi connectivity index (χ1) is 8.70. The van der Waals surface area contributed by atoms with Crippen LogP contribution in [0.25, 0.3) is 0 Å². The van der Waals surface area contributed by atoms with Gasteiger partial charge in [0, 0.05) is 12.1 Å². The number of hydrogen-bond donors (Lipinski definition) is 1. The second kappa shape index (κ2) is 5.54. The number of methoxy groups -OCH3 is 1. The first kappa shape index (κ1) is 12.4. The van der Waals surface area contributed by atoms with Gasteiger partial charge in [-0.1, -0.05) is 29.8 Å². The van der Waals surface area contributed by atoms with E-state index >= 15 is 0 Å². The summed E-state index contributed by atoms with van der Waals surface area (Å²) in [6.07, 6.45) is 0. The predicted molar refractivity (Wildman–Crippen MR) is 71.5 cm³/mol. The van der Waals surface area contributed by atoms with Crippen molar-refractivity contribution in [1.29, 1.82) is 0 Å². The van der Waals surface area contributed by atoms with Gasteiger partial charge in [0.05, 0.1) is 12.8 Å². The zero-order chi connectivity index (χ0) is 13.0. The second-order valence-electron chi connectivity index (χ2n) is 4.15. The lowest BCUT2D eigenvalue weighted by Crippen LogP contribution is -2.03. The number of aryl methyl sites for hydroxylation is 1. The van der Waals surface area contributed by atoms with Crippen molar-refractivity contribution >= 4 is 5.69 Å². The number of rotatable bonds is 4. The fourth-order valence-corrected chi connectivity index (χ4v) is 1.82. The molecule has 0 aromatic heterocycles. The predicted octanol–water partition coefficient (Wildman–Crippen LogP) is 3.75. The average Bonchev–Trinajstić information content (AvgIpc) is 2.40. The molecule has 18 heavy (non-hydrogen) atoms. The summed E-state index contributed by atoms with van der Waals surface area (Å²) in [5.41, 5.74) is 2.56. The van der Waals surface area contributed by atoms with Crippen LogP contribution in [0.2, 0.25) is 0 Å². The minimum absolute atomic E-state index is 0.192. The van der Waals surface area contributed by atoms with Gasteiger partial charge in [0.15, 0.2) is 0 Å². The van der Waals surface area contributed by atoms with Crippen molar-refractivity contribution in [2.24, 2.45) is 0 Å². The molecule has 0 fully saturated rings. The van der Waals surface area contributed by atoms with Gasteiger partial charge in [0.1, 0.15) is 11.6 Å². The molecule has 0 saturated heterocycles. The summed E-state index contributed by atoms with van der Waals surface area (Å²) in [6.45, 7) is 2.39. The second-order valence-corrected chi connectivity index (χ2v) is 4.15. The maximum absolute atomic E-state index is 13.6. The zero-order valence-electron chi connectivity index (χ0n) is 10.5. The molecule has 2 aromatic rings. The monoisotopic (exact) mass is 245 g/mol. The molecule has 0 aliphatic heterocycles. The first-order valence-electron chi connectivity index (χ1n) is 5.82. The molecule has 3 heteroatoms. The quantitative estimate of drug-likeness (QED) is 0.885. The Morgan fingerprint density at radius 2 is 1.94 bits per heavy atom. The van der Waals surface area contributed by atoms with Gasteiger partial charge in [-0.25, -0.2) is 4.39 Å². The van der Waals surface area contributed by atoms with Gasteiger partial charge in [-0.2, -0.15) is 0 Å². The molecule has 0 aliphatic carbocycles. The molecule has 0 heterocycles. The molecular formula is C15H16FNO. The summed E-state index contributed by atoms with van der Waals surface area (Å²) in [5, 5.41) is 3.18. The average molecular weight is 245 g/mol. The van der Waals surface area contributed by atoms with Gasteiger partial charge in [-0.05, 0) is 25.1 Å². The van der Waals surface area contributed by atoms with Crippen LogP contribution in [0.15, 0.2) is 42.5 Å². The summed E-state index contributed by atoms with van der Waals surface area (Å²) >= 11 is 0. The van der Waals surface area contributed by atoms with Gasteiger partial charge in [-0.3, -0.25) is 0 Å². The molecule has 0 saturated carbocycles. The largest absolute Gasteiger partial charge is 0.495 e. The number of para-hydroxylation sites is 2. The lowest BCUT2D eigenvalue weighted by molar-refractivity contribution is 0.416. The van der Waals surface area contributed by atoms with Crippen molar-refractivity contribution < 1.29 is 9.13 Å². The molecule has 2 rings (SSSR count). The van der Waals surface area contributed by atoms with Gasteiger partial charge in [-0.15, -0.1) is 0 Å². The van der Waals surface area contributed by atoms with E-state index in [1.807, 2.05) is 37.3 Å². The Kier molecular flexibility index (Phi) is 3.82. The van der Waals surface area contributed by atoms with E-state index in [-0.39, 0.29) is 5.82 Å². The highest BCUT2D eigenvalue weighted by molar-refractivity contribution is 5.56. The van der Waals surface area contributed by atoms with Crippen molar-refractivity contribution in [2.45, 2.75) is 13.5 Å². The maximum Gasteiger partial charge on any atom is 0.141 e. The number of hydrogen-bond acceptors (Lipinski definition) is 2. The first-order valence-corrected chi connectivity index (χ1v) is 5.82. The molecule has 0 bridgehead atoms. The molecule has 0 aliphatic rings. The summed E-state index contributed by atoms with van der Waals surface area (Å²) in [4.78, 5) is 0. The van der Waals surface area contributed by atoms with Crippen LogP contribution >= 0.6 is 0 Å². The highest BCUT2D eigenvalue weighted by Gasteiger charge is 2.04. The van der Waals surface area contributed by atoms with Crippen molar-refractivity contribution in [2.75, 3.05) is 12.4 Å². The molecule has 94 valence electrons. The van der Waals surface area contributed by atoms with E-state index in [0.717, 1.165) is 17.0 Å². The highest BCUT2D eigenvalue weighted by Crippen LogP contribution is 2.24. The highest BCUT2D eigenvalue weighted by atomic mass is 19.1. The van der Waals surface area contributed by atoms with Crippen LogP contribution in [0.4, 0.5) is 10.1 Å². The van der Waals surface area contributed by atoms with Crippen LogP contribution in [0.3, 0.4) is 0 Å². The molecule has 2 aromatic carbocycles. The van der Waals surface area contributed by atoms with Gasteiger partial charge < -0.3 is 10.1 Å². The van der Waals surface area contributed by atoms with Gasteiger partial charge >= 0.3 is 0 Å². The van der Waals surface area contributed by atoms with Crippen LogP contribution in [0.5, 0.6) is 5.75 Å². The van der Waals surface area contributed by atoms with Gasteiger partial charge in [0.25, 0.3) is 0 Å². The topological polar surface area (TPSA) is 21.3 Å². The fourth-order valence-electron chi connectivity index (χ4n) is 1.82. The van der Waals surface area contributed by atoms with Crippen LogP contribution in [-0.2, 0) is 6.54 Å². The van der Waals surface area contributed by atoms with Crippen molar-refractivity contribution in [3.8, 4) is 5.75 Å². The number of nitrogens with one attached hydrogen (secondary N) is 1. The van der Waals surface area contributed by atoms with Crippen LogP contribution in [0.1, 0.15) is 11.1 Å². The van der Waals surface area contributed by atoms with E-state index < -0.39 is 0 Å². The molecule has 0 radical (unpaired) electrons. The third kappa shape index (κ3) is 2.80. The van der Waals surface area contributed by atoms with E-state index in [1.165, 1.54) is 6.07 Å².